The van der Waals surface area contributed by atoms with Gasteiger partial charge in [0, 0.05) is 19.8 Å². The number of hydrogen-bond acceptors (Lipinski definition) is 3. The van der Waals surface area contributed by atoms with E-state index in [1.54, 1.807) is 29.5 Å². The number of thiocarbonyl (C=S) groups is 1. The number of benzene rings is 1. The molecular weight excluding hydrogens is 404 g/mol. The highest BCUT2D eigenvalue weighted by Gasteiger charge is 2.32. The lowest BCUT2D eigenvalue weighted by atomic mass is 10.2. The molecular formula is C15H10BrClN2OS2. The van der Waals surface area contributed by atoms with Crippen molar-refractivity contribution >= 4 is 73.9 Å². The SMILES string of the molecule is Cc1cc(Cl)ccc1N1C(=O)/C(=C\c2cc(Br)cs2)NC1=S. The molecule has 7 heteroatoms. The highest BCUT2D eigenvalue weighted by molar-refractivity contribution is 9.10. The van der Waals surface area contributed by atoms with Gasteiger partial charge in [-0.1, -0.05) is 11.6 Å². The van der Waals surface area contributed by atoms with Gasteiger partial charge >= 0.3 is 0 Å². The van der Waals surface area contributed by atoms with Gasteiger partial charge in [-0.3, -0.25) is 9.69 Å². The molecule has 1 amide bonds. The normalized spacial score (nSPS) is 16.5. The molecule has 1 aromatic carbocycles. The van der Waals surface area contributed by atoms with Gasteiger partial charge in [0.25, 0.3) is 5.91 Å². The van der Waals surface area contributed by atoms with Gasteiger partial charge in [-0.25, -0.2) is 0 Å². The summed E-state index contributed by atoms with van der Waals surface area (Å²) < 4.78 is 0.989. The molecule has 3 rings (SSSR count). The fraction of sp³-hybridized carbons (Fsp3) is 0.0667. The van der Waals surface area contributed by atoms with E-state index in [0.717, 1.165) is 20.6 Å². The van der Waals surface area contributed by atoms with E-state index >= 15 is 0 Å². The Kier molecular flexibility index (Phi) is 4.36. The lowest BCUT2D eigenvalue weighted by molar-refractivity contribution is -0.113. The minimum Gasteiger partial charge on any atom is -0.327 e. The third-order valence-corrected chi connectivity index (χ3v) is 5.31. The van der Waals surface area contributed by atoms with Crippen LogP contribution >= 0.6 is 51.1 Å². The molecule has 0 bridgehead atoms. The second-order valence-electron chi connectivity index (χ2n) is 4.73. The van der Waals surface area contributed by atoms with Crippen molar-refractivity contribution in [3.05, 3.63) is 55.3 Å². The van der Waals surface area contributed by atoms with Crippen LogP contribution in [-0.2, 0) is 4.79 Å². The Balaban J connectivity index is 1.96. The van der Waals surface area contributed by atoms with Gasteiger partial charge in [0.15, 0.2) is 5.11 Å². The summed E-state index contributed by atoms with van der Waals surface area (Å²) in [5, 5.41) is 5.95. The van der Waals surface area contributed by atoms with Gasteiger partial charge < -0.3 is 5.32 Å². The highest BCUT2D eigenvalue weighted by atomic mass is 79.9. The first-order valence-electron chi connectivity index (χ1n) is 6.33. The first-order chi connectivity index (χ1) is 10.5. The molecule has 1 aromatic heterocycles. The van der Waals surface area contributed by atoms with Crippen molar-refractivity contribution in [2.75, 3.05) is 4.90 Å². The maximum Gasteiger partial charge on any atom is 0.281 e. The van der Waals surface area contributed by atoms with Crippen LogP contribution in [-0.4, -0.2) is 11.0 Å². The number of anilines is 1. The summed E-state index contributed by atoms with van der Waals surface area (Å²) in [6.45, 7) is 1.90. The number of nitrogens with one attached hydrogen (secondary N) is 1. The quantitative estimate of drug-likeness (QED) is 0.570. The zero-order chi connectivity index (χ0) is 15.9. The van der Waals surface area contributed by atoms with Gasteiger partial charge in [0.2, 0.25) is 0 Å². The predicted molar refractivity (Wildman–Crippen MR) is 99.4 cm³/mol. The molecule has 0 aliphatic carbocycles. The number of hydrogen-bond donors (Lipinski definition) is 1. The van der Waals surface area contributed by atoms with Crippen LogP contribution in [0.25, 0.3) is 6.08 Å². The summed E-state index contributed by atoms with van der Waals surface area (Å²) >= 11 is 16.2. The monoisotopic (exact) mass is 412 g/mol. The molecule has 1 aliphatic rings. The number of rotatable bonds is 2. The van der Waals surface area contributed by atoms with E-state index in [9.17, 15) is 4.79 Å². The van der Waals surface area contributed by atoms with E-state index in [2.05, 4.69) is 21.2 Å². The van der Waals surface area contributed by atoms with E-state index < -0.39 is 0 Å². The summed E-state index contributed by atoms with van der Waals surface area (Å²) in [5.74, 6) is -0.167. The standard InChI is InChI=1S/C15H10BrClN2OS2/c1-8-4-10(17)2-3-13(8)19-14(20)12(18-15(19)21)6-11-5-9(16)7-22-11/h2-7H,1H3,(H,18,21)/b12-6+. The van der Waals surface area contributed by atoms with Crippen LogP contribution in [0.2, 0.25) is 5.02 Å². The Morgan fingerprint density at radius 1 is 1.41 bits per heavy atom. The minimum atomic E-state index is -0.167. The molecule has 0 atom stereocenters. The smallest absolute Gasteiger partial charge is 0.281 e. The topological polar surface area (TPSA) is 32.3 Å². The molecule has 0 spiro atoms. The molecule has 1 aliphatic heterocycles. The maximum atomic E-state index is 12.6. The van der Waals surface area contributed by atoms with Crippen molar-refractivity contribution in [2.24, 2.45) is 0 Å². The number of amides is 1. The van der Waals surface area contributed by atoms with Crippen molar-refractivity contribution in [2.45, 2.75) is 6.92 Å². The van der Waals surface area contributed by atoms with Crippen molar-refractivity contribution in [1.82, 2.24) is 5.32 Å². The van der Waals surface area contributed by atoms with Gasteiger partial charge in [-0.2, -0.15) is 0 Å². The molecule has 0 saturated carbocycles. The van der Waals surface area contributed by atoms with Crippen LogP contribution in [0.3, 0.4) is 0 Å². The second-order valence-corrected chi connectivity index (χ2v) is 7.41. The predicted octanol–water partition coefficient (Wildman–Crippen LogP) is 4.73. The molecule has 22 heavy (non-hydrogen) atoms. The lowest BCUT2D eigenvalue weighted by Gasteiger charge is -2.16. The van der Waals surface area contributed by atoms with Crippen LogP contribution in [0.1, 0.15) is 10.4 Å². The van der Waals surface area contributed by atoms with Crippen LogP contribution in [0.4, 0.5) is 5.69 Å². The summed E-state index contributed by atoms with van der Waals surface area (Å²) in [5.41, 5.74) is 2.10. The van der Waals surface area contributed by atoms with Crippen LogP contribution < -0.4 is 10.2 Å². The molecule has 1 saturated heterocycles. The molecule has 3 nitrogen and oxygen atoms in total. The number of aryl methyl sites for hydroxylation is 1. The number of carbonyl (C=O) groups excluding carboxylic acids is 1. The summed E-state index contributed by atoms with van der Waals surface area (Å²) in [4.78, 5) is 15.1. The average Bonchev–Trinajstić information content (AvgIpc) is 2.96. The first kappa shape index (κ1) is 15.7. The first-order valence-corrected chi connectivity index (χ1v) is 8.79. The Morgan fingerprint density at radius 2 is 2.18 bits per heavy atom. The van der Waals surface area contributed by atoms with E-state index in [1.165, 1.54) is 4.90 Å². The number of carbonyl (C=O) groups is 1. The Morgan fingerprint density at radius 3 is 2.82 bits per heavy atom. The van der Waals surface area contributed by atoms with Gasteiger partial charge in [-0.15, -0.1) is 11.3 Å². The van der Waals surface area contributed by atoms with Crippen molar-refractivity contribution in [1.29, 1.82) is 0 Å². The van der Waals surface area contributed by atoms with E-state index in [-0.39, 0.29) is 5.91 Å². The maximum absolute atomic E-state index is 12.6. The van der Waals surface area contributed by atoms with Crippen molar-refractivity contribution in [3.8, 4) is 0 Å². The second kappa shape index (κ2) is 6.12. The van der Waals surface area contributed by atoms with Crippen LogP contribution in [0.15, 0.2) is 39.8 Å². The molecule has 112 valence electrons. The minimum absolute atomic E-state index is 0.167. The van der Waals surface area contributed by atoms with E-state index in [0.29, 0.717) is 15.8 Å². The Labute approximate surface area is 150 Å². The Hall–Kier alpha value is -1.21. The molecule has 2 heterocycles. The molecule has 0 radical (unpaired) electrons. The van der Waals surface area contributed by atoms with Gasteiger partial charge in [0.1, 0.15) is 5.70 Å². The highest BCUT2D eigenvalue weighted by Crippen LogP contribution is 2.29. The number of thiophene rings is 1. The molecule has 0 unspecified atom stereocenters. The van der Waals surface area contributed by atoms with Gasteiger partial charge in [-0.05, 0) is 71.0 Å². The summed E-state index contributed by atoms with van der Waals surface area (Å²) in [7, 11) is 0. The lowest BCUT2D eigenvalue weighted by Crippen LogP contribution is -2.30. The van der Waals surface area contributed by atoms with Crippen LogP contribution in [0, 0.1) is 6.92 Å². The molecule has 1 N–H and O–H groups in total. The van der Waals surface area contributed by atoms with Crippen LogP contribution in [0.5, 0.6) is 0 Å². The van der Waals surface area contributed by atoms with Crippen molar-refractivity contribution < 1.29 is 4.79 Å². The molecule has 2 aromatic rings. The van der Waals surface area contributed by atoms with Gasteiger partial charge in [0.05, 0.1) is 5.69 Å². The fourth-order valence-corrected chi connectivity index (χ4v) is 4.06. The zero-order valence-corrected chi connectivity index (χ0v) is 15.4. The number of nitrogens with zero attached hydrogens (tertiary/aromatic N) is 1. The fourth-order valence-electron chi connectivity index (χ4n) is 2.17. The Bertz CT molecular complexity index is 816. The average molecular weight is 414 g/mol. The largest absolute Gasteiger partial charge is 0.327 e. The van der Waals surface area contributed by atoms with E-state index in [1.807, 2.05) is 24.4 Å². The summed E-state index contributed by atoms with van der Waals surface area (Å²) in [6.07, 6.45) is 1.80. The third-order valence-electron chi connectivity index (χ3n) is 3.15. The molecule has 1 fully saturated rings. The summed E-state index contributed by atoms with van der Waals surface area (Å²) in [6, 6.07) is 7.31. The van der Waals surface area contributed by atoms with Crippen molar-refractivity contribution in [3.63, 3.8) is 0 Å². The zero-order valence-electron chi connectivity index (χ0n) is 11.4. The third kappa shape index (κ3) is 2.96. The number of halogens is 2. The van der Waals surface area contributed by atoms with E-state index in [4.69, 9.17) is 23.8 Å².